The molecule has 1 unspecified atom stereocenters. The van der Waals surface area contributed by atoms with Crippen LogP contribution in [0.2, 0.25) is 0 Å². The van der Waals surface area contributed by atoms with E-state index in [0.29, 0.717) is 19.5 Å². The fourth-order valence-corrected chi connectivity index (χ4v) is 3.13. The molecule has 1 heterocycles. The summed E-state index contributed by atoms with van der Waals surface area (Å²) in [4.78, 5) is 16.5. The number of nitrogens with zero attached hydrogens (tertiary/aromatic N) is 3. The molecule has 1 fully saturated rings. The third-order valence-corrected chi connectivity index (χ3v) is 4.38. The highest BCUT2D eigenvalue weighted by Crippen LogP contribution is 2.38. The molecule has 1 aliphatic heterocycles. The summed E-state index contributed by atoms with van der Waals surface area (Å²) in [6, 6.07) is 7.81. The molecule has 0 saturated carbocycles. The maximum Gasteiger partial charge on any atom is 0.237 e. The van der Waals surface area contributed by atoms with E-state index in [2.05, 4.69) is 6.07 Å². The molecule has 0 N–H and O–H groups in total. The minimum absolute atomic E-state index is 0.00640. The van der Waals surface area contributed by atoms with E-state index in [1.165, 1.54) is 0 Å². The molecule has 6 heteroatoms. The van der Waals surface area contributed by atoms with E-state index in [1.807, 2.05) is 35.0 Å². The zero-order valence-corrected chi connectivity index (χ0v) is 14.6. The van der Waals surface area contributed by atoms with Crippen molar-refractivity contribution in [2.24, 2.45) is 0 Å². The third-order valence-electron chi connectivity index (χ3n) is 4.38. The number of hydrogen-bond donors (Lipinski definition) is 0. The van der Waals surface area contributed by atoms with Gasteiger partial charge in [-0.3, -0.25) is 9.69 Å². The summed E-state index contributed by atoms with van der Waals surface area (Å²) >= 11 is 0. The van der Waals surface area contributed by atoms with Gasteiger partial charge in [-0.05, 0) is 38.1 Å². The molecule has 130 valence electrons. The molecule has 1 aromatic rings. The van der Waals surface area contributed by atoms with Crippen LogP contribution in [0.4, 0.5) is 0 Å². The second-order valence-corrected chi connectivity index (χ2v) is 6.00. The van der Waals surface area contributed by atoms with Gasteiger partial charge < -0.3 is 14.4 Å². The molecule has 1 amide bonds. The van der Waals surface area contributed by atoms with Crippen LogP contribution in [0, 0.1) is 11.3 Å². The maximum atomic E-state index is 12.7. The van der Waals surface area contributed by atoms with Crippen molar-refractivity contribution in [3.63, 3.8) is 0 Å². The van der Waals surface area contributed by atoms with Gasteiger partial charge in [0.15, 0.2) is 0 Å². The van der Waals surface area contributed by atoms with Crippen molar-refractivity contribution in [3.8, 4) is 17.6 Å². The Morgan fingerprint density at radius 2 is 2.21 bits per heavy atom. The molecule has 0 spiro atoms. The van der Waals surface area contributed by atoms with Gasteiger partial charge >= 0.3 is 0 Å². The quantitative estimate of drug-likeness (QED) is 0.766. The van der Waals surface area contributed by atoms with Crippen molar-refractivity contribution in [1.82, 2.24) is 9.80 Å². The number of amides is 1. The topological polar surface area (TPSA) is 65.8 Å². The zero-order valence-electron chi connectivity index (χ0n) is 14.6. The number of likely N-dealkylation sites (tertiary alicyclic amines) is 1. The van der Waals surface area contributed by atoms with Gasteiger partial charge in [0.05, 0.1) is 32.9 Å². The first-order chi connectivity index (χ1) is 11.6. The Morgan fingerprint density at radius 3 is 2.88 bits per heavy atom. The third kappa shape index (κ3) is 4.18. The van der Waals surface area contributed by atoms with Crippen LogP contribution >= 0.6 is 0 Å². The van der Waals surface area contributed by atoms with Crippen LogP contribution in [0.5, 0.6) is 11.5 Å². The summed E-state index contributed by atoms with van der Waals surface area (Å²) in [6.07, 6.45) is 2.31. The van der Waals surface area contributed by atoms with E-state index in [-0.39, 0.29) is 11.9 Å². The molecule has 0 bridgehead atoms. The van der Waals surface area contributed by atoms with Crippen LogP contribution in [0.25, 0.3) is 0 Å². The number of benzene rings is 1. The van der Waals surface area contributed by atoms with Gasteiger partial charge in [0.25, 0.3) is 0 Å². The molecule has 1 aromatic carbocycles. The van der Waals surface area contributed by atoms with Crippen LogP contribution in [-0.4, -0.2) is 56.6 Å². The van der Waals surface area contributed by atoms with Crippen LogP contribution < -0.4 is 9.47 Å². The van der Waals surface area contributed by atoms with Crippen molar-refractivity contribution in [3.05, 3.63) is 23.8 Å². The first-order valence-corrected chi connectivity index (χ1v) is 8.17. The van der Waals surface area contributed by atoms with Gasteiger partial charge in [-0.15, -0.1) is 0 Å². The van der Waals surface area contributed by atoms with E-state index in [4.69, 9.17) is 14.7 Å². The summed E-state index contributed by atoms with van der Waals surface area (Å²) in [5, 5.41) is 8.66. The average Bonchev–Trinajstić information content (AvgIpc) is 3.09. The molecule has 0 aromatic heterocycles. The predicted molar refractivity (Wildman–Crippen MR) is 91.0 cm³/mol. The Hall–Kier alpha value is -2.26. The SMILES string of the molecule is COc1ccc(OC)c(C2CCCN2C(=O)CN(C)CCC#N)c1. The van der Waals surface area contributed by atoms with Gasteiger partial charge in [-0.2, -0.15) is 5.26 Å². The van der Waals surface area contributed by atoms with Gasteiger partial charge in [-0.1, -0.05) is 0 Å². The molecule has 1 aliphatic rings. The number of methoxy groups -OCH3 is 2. The number of nitriles is 1. The van der Waals surface area contributed by atoms with E-state index < -0.39 is 0 Å². The molecular weight excluding hydrogens is 306 g/mol. The second-order valence-electron chi connectivity index (χ2n) is 6.00. The highest BCUT2D eigenvalue weighted by molar-refractivity contribution is 5.79. The van der Waals surface area contributed by atoms with Gasteiger partial charge in [0, 0.05) is 25.1 Å². The smallest absolute Gasteiger partial charge is 0.237 e. The number of ether oxygens (including phenoxy) is 2. The van der Waals surface area contributed by atoms with E-state index in [0.717, 1.165) is 36.4 Å². The molecule has 1 atom stereocenters. The van der Waals surface area contributed by atoms with Crippen LogP contribution in [0.15, 0.2) is 18.2 Å². The predicted octanol–water partition coefficient (Wildman–Crippen LogP) is 2.21. The largest absolute Gasteiger partial charge is 0.497 e. The van der Waals surface area contributed by atoms with Crippen LogP contribution in [0.1, 0.15) is 30.9 Å². The van der Waals surface area contributed by atoms with Crippen LogP contribution in [-0.2, 0) is 4.79 Å². The highest BCUT2D eigenvalue weighted by Gasteiger charge is 2.32. The number of likely N-dealkylation sites (N-methyl/N-ethyl adjacent to an activating group) is 1. The molecule has 2 rings (SSSR count). The zero-order chi connectivity index (χ0) is 17.5. The van der Waals surface area contributed by atoms with Crippen molar-refractivity contribution in [2.45, 2.75) is 25.3 Å². The number of carbonyl (C=O) groups excluding carboxylic acids is 1. The second kappa shape index (κ2) is 8.55. The standard InChI is InChI=1S/C18H25N3O3/c1-20(10-5-9-19)13-18(22)21-11-4-6-16(21)15-12-14(23-2)7-8-17(15)24-3/h7-8,12,16H,4-6,10-11,13H2,1-3H3. The molecule has 1 saturated heterocycles. The summed E-state index contributed by atoms with van der Waals surface area (Å²) < 4.78 is 10.8. The molecule has 6 nitrogen and oxygen atoms in total. The molecular formula is C18H25N3O3. The Bertz CT molecular complexity index is 612. The first-order valence-electron chi connectivity index (χ1n) is 8.17. The lowest BCUT2D eigenvalue weighted by atomic mass is 10.0. The lowest BCUT2D eigenvalue weighted by Gasteiger charge is -2.28. The lowest BCUT2D eigenvalue weighted by molar-refractivity contribution is -0.133. The van der Waals surface area contributed by atoms with E-state index in [1.54, 1.807) is 14.2 Å². The Balaban J connectivity index is 2.15. The average molecular weight is 331 g/mol. The van der Waals surface area contributed by atoms with Crippen molar-refractivity contribution in [1.29, 1.82) is 5.26 Å². The van der Waals surface area contributed by atoms with Crippen molar-refractivity contribution >= 4 is 5.91 Å². The molecule has 0 radical (unpaired) electrons. The van der Waals surface area contributed by atoms with Crippen molar-refractivity contribution in [2.75, 3.05) is 40.9 Å². The van der Waals surface area contributed by atoms with Gasteiger partial charge in [-0.25, -0.2) is 0 Å². The van der Waals surface area contributed by atoms with Crippen LogP contribution in [0.3, 0.4) is 0 Å². The minimum Gasteiger partial charge on any atom is -0.497 e. The Labute approximate surface area is 143 Å². The Kier molecular flexibility index (Phi) is 6.44. The van der Waals surface area contributed by atoms with Gasteiger partial charge in [0.1, 0.15) is 11.5 Å². The minimum atomic E-state index is 0.00640. The fraction of sp³-hybridized carbons (Fsp3) is 0.556. The maximum absolute atomic E-state index is 12.7. The first kappa shape index (κ1) is 18.1. The molecule has 24 heavy (non-hydrogen) atoms. The Morgan fingerprint density at radius 1 is 1.42 bits per heavy atom. The highest BCUT2D eigenvalue weighted by atomic mass is 16.5. The summed E-state index contributed by atoms with van der Waals surface area (Å²) in [6.45, 7) is 1.67. The van der Waals surface area contributed by atoms with Crippen molar-refractivity contribution < 1.29 is 14.3 Å². The summed E-state index contributed by atoms with van der Waals surface area (Å²) in [5.41, 5.74) is 0.988. The van der Waals surface area contributed by atoms with E-state index >= 15 is 0 Å². The number of hydrogen-bond acceptors (Lipinski definition) is 5. The lowest BCUT2D eigenvalue weighted by Crippen LogP contribution is -2.39. The normalized spacial score (nSPS) is 17.0. The van der Waals surface area contributed by atoms with E-state index in [9.17, 15) is 4.79 Å². The van der Waals surface area contributed by atoms with Gasteiger partial charge in [0.2, 0.25) is 5.91 Å². The number of rotatable bonds is 7. The summed E-state index contributed by atoms with van der Waals surface area (Å²) in [7, 11) is 5.14. The number of carbonyl (C=O) groups is 1. The molecule has 0 aliphatic carbocycles. The summed E-state index contributed by atoms with van der Waals surface area (Å²) in [5.74, 6) is 1.62. The fourth-order valence-electron chi connectivity index (χ4n) is 3.13. The monoisotopic (exact) mass is 331 g/mol.